The lowest BCUT2D eigenvalue weighted by Crippen LogP contribution is -2.36. The van der Waals surface area contributed by atoms with E-state index in [-0.39, 0.29) is 112 Å². The number of carbonyl (C=O) groups excluding carboxylic acids is 7. The van der Waals surface area contributed by atoms with E-state index in [0.29, 0.717) is 75.0 Å². The van der Waals surface area contributed by atoms with Crippen LogP contribution in [-0.2, 0) is 63.0 Å². The molecule has 0 radical (unpaired) electrons. The number of benzene rings is 4. The molecule has 4 N–H and O–H groups in total. The molecule has 3 heterocycles. The zero-order valence-corrected chi connectivity index (χ0v) is 49.4. The Bertz CT molecular complexity index is 3760. The third-order valence-corrected chi connectivity index (χ3v) is 16.3. The highest BCUT2D eigenvalue weighted by molar-refractivity contribution is 7.92. The molecule has 460 valence electrons. The highest BCUT2D eigenvalue weighted by atomic mass is 32.2. The summed E-state index contributed by atoms with van der Waals surface area (Å²) in [5.41, 5.74) is 9.94. The number of carboxylic acid groups (broad SMARTS) is 1. The average Bonchev–Trinajstić information content (AvgIpc) is 1.66. The number of hydrogen-bond acceptors (Lipinski definition) is 18. The van der Waals surface area contributed by atoms with Crippen molar-refractivity contribution in [3.63, 3.8) is 0 Å². The van der Waals surface area contributed by atoms with Crippen molar-refractivity contribution in [2.75, 3.05) is 60.5 Å². The number of fused-ring (bicyclic) bond motifs is 2. The molecule has 9 rings (SSSR count). The van der Waals surface area contributed by atoms with Crippen LogP contribution in [0.3, 0.4) is 0 Å². The van der Waals surface area contributed by atoms with Gasteiger partial charge in [-0.15, -0.1) is 0 Å². The van der Waals surface area contributed by atoms with Gasteiger partial charge in [-0.3, -0.25) is 47.0 Å². The number of carboxylic acids is 1. The highest BCUT2D eigenvalue weighted by Gasteiger charge is 2.35. The lowest BCUT2D eigenvalue weighted by molar-refractivity contribution is -0.163. The summed E-state index contributed by atoms with van der Waals surface area (Å²) in [6.45, 7) is 1.95. The molecule has 2 aromatic heterocycles. The predicted octanol–water partition coefficient (Wildman–Crippen LogP) is 8.61. The van der Waals surface area contributed by atoms with Crippen molar-refractivity contribution in [3.05, 3.63) is 107 Å². The maximum Gasteiger partial charge on any atom is 0.325 e. The normalized spacial score (nSPS) is 14.0. The number of ether oxygens (including phenoxy) is 3. The molecule has 0 atom stereocenters. The fraction of sp³-hybridized carbons (Fsp3) is 0.400. The second-order valence-corrected chi connectivity index (χ2v) is 24.4. The van der Waals surface area contributed by atoms with Crippen molar-refractivity contribution in [1.29, 1.82) is 0 Å². The number of cyclic esters (lactones) is 2. The van der Waals surface area contributed by atoms with Crippen LogP contribution < -0.4 is 19.7 Å². The number of nitrogens with two attached hydrogens (primary N) is 1. The van der Waals surface area contributed by atoms with Crippen LogP contribution in [0, 0.1) is 11.6 Å². The molecule has 1 amide bonds. The number of hydrogen-bond donors (Lipinski definition) is 3. The van der Waals surface area contributed by atoms with E-state index in [4.69, 9.17) is 29.1 Å². The molecule has 2 saturated carbocycles. The van der Waals surface area contributed by atoms with Crippen molar-refractivity contribution in [1.82, 2.24) is 5.32 Å². The minimum absolute atomic E-state index is 0.0604. The van der Waals surface area contributed by atoms with Crippen LogP contribution in [0.2, 0.25) is 0 Å². The number of esters is 4. The van der Waals surface area contributed by atoms with Crippen LogP contribution in [-0.4, -0.2) is 121 Å². The molecule has 0 bridgehead atoms. The number of carbonyl (C=O) groups is 8. The Labute approximate surface area is 494 Å². The SMILES string of the molecule is CCC(=O)c1c(-c2ccc(F)cc2)oc2cc(N(CCOC(=O)CN)S(C)(=O)=O)c(C3CC3)cc12.CCC(=O)c1c(-c2ccc(F)cc2)oc2cc(N(CCOC(=O)CNC(=O)CCCC(=O)O)S(C)(=O)=O)c(C3CC3)cc12.O=C1CCCC(=O)O1. The van der Waals surface area contributed by atoms with Crippen LogP contribution in [0.1, 0.15) is 135 Å². The van der Waals surface area contributed by atoms with Crippen LogP contribution in [0.4, 0.5) is 20.2 Å². The summed E-state index contributed by atoms with van der Waals surface area (Å²) >= 11 is 0. The highest BCUT2D eigenvalue weighted by Crippen LogP contribution is 2.50. The third-order valence-electron chi connectivity index (χ3n) is 14.0. The van der Waals surface area contributed by atoms with E-state index in [0.717, 1.165) is 53.6 Å². The third kappa shape index (κ3) is 17.2. The number of nitrogens with one attached hydrogen (secondary N) is 1. The van der Waals surface area contributed by atoms with Crippen molar-refractivity contribution >= 4 is 101 Å². The number of amides is 1. The maximum atomic E-state index is 13.6. The smallest absolute Gasteiger partial charge is 0.325 e. The van der Waals surface area contributed by atoms with E-state index in [1.165, 1.54) is 52.8 Å². The Hall–Kier alpha value is -8.36. The number of Topliss-reactive ketones (excluding diaryl/α,β-unsaturated/α-hetero) is 2. The number of halogens is 2. The molecule has 1 aliphatic heterocycles. The number of nitrogens with zero attached hydrogens (tertiary/aromatic N) is 2. The zero-order chi connectivity index (χ0) is 62.6. The first kappa shape index (κ1) is 65.2. The number of anilines is 2. The van der Waals surface area contributed by atoms with Gasteiger partial charge in [-0.1, -0.05) is 13.8 Å². The molecule has 1 saturated heterocycles. The van der Waals surface area contributed by atoms with Gasteiger partial charge in [0.15, 0.2) is 11.6 Å². The van der Waals surface area contributed by atoms with E-state index in [2.05, 4.69) is 10.1 Å². The van der Waals surface area contributed by atoms with Crippen molar-refractivity contribution in [2.45, 2.75) is 103 Å². The van der Waals surface area contributed by atoms with Gasteiger partial charge >= 0.3 is 29.8 Å². The molecule has 0 spiro atoms. The minimum Gasteiger partial charge on any atom is -0.481 e. The lowest BCUT2D eigenvalue weighted by atomic mass is 9.97. The summed E-state index contributed by atoms with van der Waals surface area (Å²) in [4.78, 5) is 92.5. The molecule has 86 heavy (non-hydrogen) atoms. The number of aliphatic carboxylic acids is 1. The first-order valence-corrected chi connectivity index (χ1v) is 31.5. The second kappa shape index (κ2) is 28.7. The minimum atomic E-state index is -3.86. The van der Waals surface area contributed by atoms with E-state index >= 15 is 0 Å². The van der Waals surface area contributed by atoms with Gasteiger partial charge in [0, 0.05) is 72.6 Å². The fourth-order valence-electron chi connectivity index (χ4n) is 9.48. The Kier molecular flexibility index (Phi) is 21.7. The molecular formula is C60H66F2N4O18S2. The first-order chi connectivity index (χ1) is 40.8. The summed E-state index contributed by atoms with van der Waals surface area (Å²) < 4.78 is 107. The number of furan rings is 2. The molecule has 26 heteroatoms. The molecule has 4 aromatic carbocycles. The van der Waals surface area contributed by atoms with Crippen molar-refractivity contribution in [2.24, 2.45) is 5.73 Å². The van der Waals surface area contributed by atoms with Gasteiger partial charge in [-0.25, -0.2) is 25.6 Å². The van der Waals surface area contributed by atoms with Crippen LogP contribution in [0.15, 0.2) is 81.6 Å². The maximum absolute atomic E-state index is 13.6. The quantitative estimate of drug-likeness (QED) is 0.0209. The summed E-state index contributed by atoms with van der Waals surface area (Å²) in [7, 11) is -7.60. The van der Waals surface area contributed by atoms with E-state index in [9.17, 15) is 64.0 Å². The van der Waals surface area contributed by atoms with Crippen LogP contribution in [0.25, 0.3) is 44.6 Å². The van der Waals surface area contributed by atoms with Gasteiger partial charge in [0.25, 0.3) is 0 Å². The summed E-state index contributed by atoms with van der Waals surface area (Å²) in [5, 5.41) is 12.1. The Balaban J connectivity index is 0.000000221. The van der Waals surface area contributed by atoms with Gasteiger partial charge in [0.2, 0.25) is 26.0 Å². The van der Waals surface area contributed by atoms with E-state index < -0.39 is 62.0 Å². The summed E-state index contributed by atoms with van der Waals surface area (Å²) in [5.74, 6) is -4.09. The number of rotatable bonds is 25. The monoisotopic (exact) mass is 1230 g/mol. The molecule has 2 aliphatic carbocycles. The lowest BCUT2D eigenvalue weighted by Gasteiger charge is -2.25. The second-order valence-electron chi connectivity index (χ2n) is 20.6. The zero-order valence-electron chi connectivity index (χ0n) is 47.7. The van der Waals surface area contributed by atoms with Crippen LogP contribution >= 0.6 is 0 Å². The van der Waals surface area contributed by atoms with Crippen molar-refractivity contribution in [3.8, 4) is 22.6 Å². The molecule has 6 aromatic rings. The van der Waals surface area contributed by atoms with Gasteiger partial charge in [-0.2, -0.15) is 0 Å². The molecule has 3 fully saturated rings. The van der Waals surface area contributed by atoms with Gasteiger partial charge < -0.3 is 39.2 Å². The first-order valence-electron chi connectivity index (χ1n) is 27.8. The number of ketones is 2. The largest absolute Gasteiger partial charge is 0.481 e. The molecular weight excluding hydrogens is 1170 g/mol. The summed E-state index contributed by atoms with van der Waals surface area (Å²) in [6.07, 6.45) is 7.33. The Morgan fingerprint density at radius 3 is 1.42 bits per heavy atom. The fourth-order valence-corrected chi connectivity index (χ4v) is 11.3. The Morgan fingerprint density at radius 2 is 1.07 bits per heavy atom. The molecule has 22 nitrogen and oxygen atoms in total. The van der Waals surface area contributed by atoms with Gasteiger partial charge in [-0.05, 0) is 122 Å². The number of sulfonamides is 2. The van der Waals surface area contributed by atoms with E-state index in [1.54, 1.807) is 32.0 Å². The topological polar surface area (TPSA) is 324 Å². The van der Waals surface area contributed by atoms with Gasteiger partial charge in [0.05, 0.1) is 54.6 Å². The Morgan fingerprint density at radius 1 is 0.651 bits per heavy atom. The van der Waals surface area contributed by atoms with Crippen molar-refractivity contribution < 1.29 is 92.1 Å². The van der Waals surface area contributed by atoms with Gasteiger partial charge in [0.1, 0.15) is 54.1 Å². The molecule has 0 unspecified atom stereocenters. The molecule has 3 aliphatic rings. The van der Waals surface area contributed by atoms with Crippen LogP contribution in [0.5, 0.6) is 0 Å². The summed E-state index contributed by atoms with van der Waals surface area (Å²) in [6, 6.07) is 18.0. The predicted molar refractivity (Wildman–Crippen MR) is 311 cm³/mol. The van der Waals surface area contributed by atoms with E-state index in [1.807, 2.05) is 6.07 Å². The standard InChI is InChI=1S/C30H33FN2O9S.C25H27FN2O6S.C5H6O3/c1-3-24(34)29-22-15-21(18-7-8-18)23(16-25(22)42-30(29)19-9-11-20(31)12-10-19)33(43(2,39)40)13-14-41-28(38)17-32-26(35)5-4-6-27(36)37;1-3-21(29)24-19-12-18(15-4-5-15)20(28(35(2,31)32)10-11-33-23(30)14-27)13-22(19)34-25(24)16-6-8-17(26)9-7-16;6-4-2-1-3-5(7)8-4/h9-12,15-16,18H,3-8,13-14,17H2,1-2H3,(H,32,35)(H,36,37);6-9,12-13,15H,3-5,10-11,14,27H2,1-2H3;1-3H2. The average molecular weight is 1230 g/mol.